The first kappa shape index (κ1) is 10.1. The van der Waals surface area contributed by atoms with Gasteiger partial charge in [-0.15, -0.1) is 0 Å². The summed E-state index contributed by atoms with van der Waals surface area (Å²) in [6, 6.07) is 0. The molecular formula is C7H14N2O2. The Kier molecular flexibility index (Phi) is 8.41. The lowest BCUT2D eigenvalue weighted by atomic mass is 10.3. The van der Waals surface area contributed by atoms with Gasteiger partial charge in [0, 0.05) is 25.6 Å². The molecule has 0 aliphatic heterocycles. The fraction of sp³-hybridized carbons (Fsp3) is 0.571. The number of hydrogen-bond acceptors (Lipinski definition) is 3. The quantitative estimate of drug-likeness (QED) is 0.549. The Morgan fingerprint density at radius 2 is 1.82 bits per heavy atom. The van der Waals surface area contributed by atoms with Crippen LogP contribution in [0.2, 0.25) is 0 Å². The Labute approximate surface area is 65.9 Å². The highest BCUT2D eigenvalue weighted by atomic mass is 16.3. The van der Waals surface area contributed by atoms with E-state index in [4.69, 9.17) is 10.2 Å². The summed E-state index contributed by atoms with van der Waals surface area (Å²) in [4.78, 5) is 6.42. The van der Waals surface area contributed by atoms with Gasteiger partial charge in [-0.3, -0.25) is 0 Å². The van der Waals surface area contributed by atoms with Gasteiger partial charge in [0.05, 0.1) is 6.33 Å². The first-order chi connectivity index (χ1) is 5.41. The van der Waals surface area contributed by atoms with Gasteiger partial charge in [0.2, 0.25) is 0 Å². The van der Waals surface area contributed by atoms with Crippen molar-refractivity contribution >= 4 is 0 Å². The van der Waals surface area contributed by atoms with Gasteiger partial charge < -0.3 is 15.2 Å². The van der Waals surface area contributed by atoms with Crippen molar-refractivity contribution in [1.82, 2.24) is 9.97 Å². The van der Waals surface area contributed by atoms with Crippen LogP contribution in [0.4, 0.5) is 0 Å². The molecule has 1 aromatic heterocycles. The van der Waals surface area contributed by atoms with Crippen LogP contribution in [0.1, 0.15) is 12.8 Å². The van der Waals surface area contributed by atoms with Crippen LogP contribution in [0.5, 0.6) is 0 Å². The van der Waals surface area contributed by atoms with Crippen molar-refractivity contribution < 1.29 is 10.2 Å². The third-order valence-corrected chi connectivity index (χ3v) is 0.972. The van der Waals surface area contributed by atoms with Crippen LogP contribution in [-0.4, -0.2) is 33.4 Å². The molecule has 0 aromatic carbocycles. The van der Waals surface area contributed by atoms with Gasteiger partial charge in [-0.05, 0) is 12.8 Å². The molecule has 1 heterocycles. The number of rotatable bonds is 3. The monoisotopic (exact) mass is 158 g/mol. The van der Waals surface area contributed by atoms with Crippen LogP contribution < -0.4 is 0 Å². The smallest absolute Gasteiger partial charge is 0.0919 e. The number of hydrogen-bond donors (Lipinski definition) is 3. The number of imidazole rings is 1. The molecule has 0 unspecified atom stereocenters. The summed E-state index contributed by atoms with van der Waals surface area (Å²) >= 11 is 0. The number of aliphatic hydroxyl groups is 2. The average molecular weight is 158 g/mol. The summed E-state index contributed by atoms with van der Waals surface area (Å²) in [6.07, 6.45) is 6.52. The van der Waals surface area contributed by atoms with E-state index in [1.165, 1.54) is 0 Å². The second-order valence-electron chi connectivity index (χ2n) is 1.91. The van der Waals surface area contributed by atoms with Crippen LogP contribution in [-0.2, 0) is 0 Å². The molecule has 0 aliphatic carbocycles. The molecule has 0 saturated carbocycles. The number of H-pyrrole nitrogens is 1. The summed E-state index contributed by atoms with van der Waals surface area (Å²) in [7, 11) is 0. The summed E-state index contributed by atoms with van der Waals surface area (Å²) < 4.78 is 0. The van der Waals surface area contributed by atoms with Crippen molar-refractivity contribution in [3.8, 4) is 0 Å². The minimum absolute atomic E-state index is 0.195. The van der Waals surface area contributed by atoms with Gasteiger partial charge in [0.15, 0.2) is 0 Å². The molecule has 0 saturated heterocycles. The topological polar surface area (TPSA) is 69.1 Å². The van der Waals surface area contributed by atoms with Gasteiger partial charge in [-0.1, -0.05) is 0 Å². The third-order valence-electron chi connectivity index (χ3n) is 0.972. The number of unbranched alkanes of at least 4 members (excludes halogenated alkanes) is 1. The molecule has 0 aliphatic rings. The van der Waals surface area contributed by atoms with Crippen molar-refractivity contribution in [2.24, 2.45) is 0 Å². The Morgan fingerprint density at radius 3 is 2.00 bits per heavy atom. The SMILES string of the molecule is OCCCCO.c1c[nH]cn1. The molecule has 0 bridgehead atoms. The molecule has 0 atom stereocenters. The zero-order valence-electron chi connectivity index (χ0n) is 6.40. The molecule has 1 aromatic rings. The predicted molar refractivity (Wildman–Crippen MR) is 42.0 cm³/mol. The maximum absolute atomic E-state index is 8.09. The highest BCUT2D eigenvalue weighted by Crippen LogP contribution is 1.80. The molecule has 0 fully saturated rings. The molecule has 11 heavy (non-hydrogen) atoms. The van der Waals surface area contributed by atoms with Crippen LogP contribution >= 0.6 is 0 Å². The van der Waals surface area contributed by atoms with E-state index in [0.29, 0.717) is 0 Å². The maximum Gasteiger partial charge on any atom is 0.0919 e. The fourth-order valence-corrected chi connectivity index (χ4v) is 0.439. The van der Waals surface area contributed by atoms with Crippen molar-refractivity contribution in [3.63, 3.8) is 0 Å². The third kappa shape index (κ3) is 9.13. The number of aliphatic hydroxyl groups excluding tert-OH is 2. The van der Waals surface area contributed by atoms with Crippen molar-refractivity contribution in [1.29, 1.82) is 0 Å². The lowest BCUT2D eigenvalue weighted by Gasteiger charge is -1.85. The zero-order chi connectivity index (χ0) is 8.36. The number of aromatic nitrogens is 2. The van der Waals surface area contributed by atoms with Gasteiger partial charge >= 0.3 is 0 Å². The zero-order valence-corrected chi connectivity index (χ0v) is 6.40. The average Bonchev–Trinajstić information content (AvgIpc) is 2.57. The first-order valence-corrected chi connectivity index (χ1v) is 3.56. The summed E-state index contributed by atoms with van der Waals surface area (Å²) in [5.41, 5.74) is 0. The molecule has 4 nitrogen and oxygen atoms in total. The molecule has 0 amide bonds. The van der Waals surface area contributed by atoms with E-state index in [-0.39, 0.29) is 13.2 Å². The fourth-order valence-electron chi connectivity index (χ4n) is 0.439. The van der Waals surface area contributed by atoms with E-state index >= 15 is 0 Å². The van der Waals surface area contributed by atoms with Crippen LogP contribution in [0.25, 0.3) is 0 Å². The van der Waals surface area contributed by atoms with Crippen molar-refractivity contribution in [2.75, 3.05) is 13.2 Å². The normalized spacial score (nSPS) is 8.55. The van der Waals surface area contributed by atoms with Gasteiger partial charge in [-0.2, -0.15) is 0 Å². The lowest BCUT2D eigenvalue weighted by Crippen LogP contribution is -1.85. The minimum atomic E-state index is 0.195. The van der Waals surface area contributed by atoms with E-state index in [0.717, 1.165) is 12.8 Å². The summed E-state index contributed by atoms with van der Waals surface area (Å²) in [5, 5.41) is 16.2. The maximum atomic E-state index is 8.09. The largest absolute Gasteiger partial charge is 0.396 e. The number of nitrogens with zero attached hydrogens (tertiary/aromatic N) is 1. The Morgan fingerprint density at radius 1 is 1.18 bits per heavy atom. The molecular weight excluding hydrogens is 144 g/mol. The second-order valence-corrected chi connectivity index (χ2v) is 1.91. The van der Waals surface area contributed by atoms with E-state index in [1.54, 1.807) is 18.7 Å². The lowest BCUT2D eigenvalue weighted by molar-refractivity contribution is 0.242. The predicted octanol–water partition coefficient (Wildman–Crippen LogP) is 0.161. The van der Waals surface area contributed by atoms with Gasteiger partial charge in [-0.25, -0.2) is 4.98 Å². The minimum Gasteiger partial charge on any atom is -0.396 e. The van der Waals surface area contributed by atoms with E-state index in [9.17, 15) is 0 Å². The molecule has 3 N–H and O–H groups in total. The Balaban J connectivity index is 0.000000183. The highest BCUT2D eigenvalue weighted by molar-refractivity contribution is 4.64. The van der Waals surface area contributed by atoms with E-state index < -0.39 is 0 Å². The number of aromatic amines is 1. The van der Waals surface area contributed by atoms with Crippen molar-refractivity contribution in [2.45, 2.75) is 12.8 Å². The molecule has 1 rings (SSSR count). The van der Waals surface area contributed by atoms with Crippen LogP contribution in [0, 0.1) is 0 Å². The number of nitrogens with one attached hydrogen (secondary N) is 1. The molecule has 64 valence electrons. The van der Waals surface area contributed by atoms with Crippen LogP contribution in [0.15, 0.2) is 18.7 Å². The highest BCUT2D eigenvalue weighted by Gasteiger charge is 1.77. The summed E-state index contributed by atoms with van der Waals surface area (Å²) in [5.74, 6) is 0. The first-order valence-electron chi connectivity index (χ1n) is 3.56. The standard InChI is InChI=1S/C4H10O2.C3H4N2/c5-3-1-2-4-6;1-2-5-3-4-1/h5-6H,1-4H2;1-3H,(H,4,5). The van der Waals surface area contributed by atoms with Crippen molar-refractivity contribution in [3.05, 3.63) is 18.7 Å². The second kappa shape index (κ2) is 9.13. The van der Waals surface area contributed by atoms with Gasteiger partial charge in [0.1, 0.15) is 0 Å². The van der Waals surface area contributed by atoms with E-state index in [2.05, 4.69) is 9.97 Å². The van der Waals surface area contributed by atoms with Gasteiger partial charge in [0.25, 0.3) is 0 Å². The van der Waals surface area contributed by atoms with Crippen LogP contribution in [0.3, 0.4) is 0 Å². The molecule has 0 spiro atoms. The van der Waals surface area contributed by atoms with E-state index in [1.807, 2.05) is 0 Å². The molecule has 4 heteroatoms. The Hall–Kier alpha value is -0.870. The Bertz CT molecular complexity index is 110. The summed E-state index contributed by atoms with van der Waals surface area (Å²) in [6.45, 7) is 0.390. The molecule has 0 radical (unpaired) electrons.